The van der Waals surface area contributed by atoms with Gasteiger partial charge in [-0.25, -0.2) is 5.43 Å². The van der Waals surface area contributed by atoms with Gasteiger partial charge in [0.05, 0.1) is 21.4 Å². The van der Waals surface area contributed by atoms with Crippen molar-refractivity contribution in [1.82, 2.24) is 9.99 Å². The van der Waals surface area contributed by atoms with Crippen LogP contribution in [0, 0.1) is 28.7 Å². The summed E-state index contributed by atoms with van der Waals surface area (Å²) in [6, 6.07) is 30.4. The first kappa shape index (κ1) is 28.7. The second-order valence-electron chi connectivity index (χ2n) is 9.45. The van der Waals surface area contributed by atoms with Crippen LogP contribution in [0.2, 0.25) is 0 Å². The lowest BCUT2D eigenvalue weighted by Gasteiger charge is -2.10. The van der Waals surface area contributed by atoms with Gasteiger partial charge in [-0.15, -0.1) is 0 Å². The van der Waals surface area contributed by atoms with E-state index in [2.05, 4.69) is 69.7 Å². The summed E-state index contributed by atoms with van der Waals surface area (Å²) in [6.45, 7) is 4.62. The van der Waals surface area contributed by atoms with Crippen LogP contribution >= 0.6 is 22.6 Å². The van der Waals surface area contributed by atoms with E-state index in [1.165, 1.54) is 11.4 Å². The number of hydrogen-bond donors (Lipinski definition) is 1. The number of furan rings is 1. The second-order valence-corrected chi connectivity index (χ2v) is 10.6. The maximum Gasteiger partial charge on any atom is 0.307 e. The summed E-state index contributed by atoms with van der Waals surface area (Å²) in [5.74, 6) is 1.58. The average molecular weight is 671 g/mol. The first-order valence-corrected chi connectivity index (χ1v) is 14.2. The van der Waals surface area contributed by atoms with Gasteiger partial charge in [0.1, 0.15) is 30.5 Å². The number of rotatable bonds is 10. The van der Waals surface area contributed by atoms with Crippen LogP contribution in [0.3, 0.4) is 0 Å². The Kier molecular flexibility index (Phi) is 9.04. The summed E-state index contributed by atoms with van der Waals surface area (Å²) < 4.78 is 20.4. The molecule has 210 valence electrons. The Labute approximate surface area is 257 Å². The molecule has 0 aliphatic heterocycles. The van der Waals surface area contributed by atoms with Crippen LogP contribution in [-0.2, 0) is 13.2 Å². The maximum atomic E-state index is 12.5. The largest absolute Gasteiger partial charge is 0.488 e. The zero-order valence-corrected chi connectivity index (χ0v) is 25.2. The molecular weight excluding hydrogens is 643 g/mol. The summed E-state index contributed by atoms with van der Waals surface area (Å²) in [4.78, 5) is 12.5. The molecule has 8 nitrogen and oxygen atoms in total. The minimum atomic E-state index is -0.467. The van der Waals surface area contributed by atoms with Gasteiger partial charge in [-0.05, 0) is 115 Å². The summed E-state index contributed by atoms with van der Waals surface area (Å²) in [6.07, 6.45) is 1.54. The van der Waals surface area contributed by atoms with Crippen molar-refractivity contribution in [1.29, 1.82) is 5.26 Å². The van der Waals surface area contributed by atoms with Crippen LogP contribution in [0.25, 0.3) is 5.69 Å². The predicted molar refractivity (Wildman–Crippen MR) is 168 cm³/mol. The van der Waals surface area contributed by atoms with Crippen molar-refractivity contribution in [2.75, 3.05) is 0 Å². The fourth-order valence-corrected chi connectivity index (χ4v) is 5.04. The number of carbonyl (C=O) groups excluding carboxylic acids is 1. The zero-order valence-electron chi connectivity index (χ0n) is 23.0. The fraction of sp³-hybridized carbons (Fsp3) is 0.121. The molecule has 3 aromatic carbocycles. The first-order valence-electron chi connectivity index (χ1n) is 13.1. The SMILES string of the molecule is Cc1ccc(C)n1-c1ccc(OCc2ccc(C(=O)N/N=C/c3ccc(OCc4ccccc4C#N)c(I)c3)o2)cc1. The summed E-state index contributed by atoms with van der Waals surface area (Å²) >= 11 is 2.18. The monoisotopic (exact) mass is 670 g/mol. The van der Waals surface area contributed by atoms with E-state index >= 15 is 0 Å². The highest BCUT2D eigenvalue weighted by Gasteiger charge is 2.12. The molecule has 0 aliphatic rings. The average Bonchev–Trinajstić information content (AvgIpc) is 3.62. The van der Waals surface area contributed by atoms with Crippen LogP contribution in [0.4, 0.5) is 0 Å². The molecule has 0 bridgehead atoms. The Morgan fingerprint density at radius 3 is 2.48 bits per heavy atom. The number of aromatic nitrogens is 1. The van der Waals surface area contributed by atoms with E-state index < -0.39 is 5.91 Å². The van der Waals surface area contributed by atoms with Gasteiger partial charge in [0.15, 0.2) is 5.76 Å². The summed E-state index contributed by atoms with van der Waals surface area (Å²) in [7, 11) is 0. The van der Waals surface area contributed by atoms with E-state index in [4.69, 9.17) is 13.9 Å². The number of carbonyl (C=O) groups is 1. The number of nitriles is 1. The number of halogens is 1. The van der Waals surface area contributed by atoms with Crippen molar-refractivity contribution in [2.24, 2.45) is 5.10 Å². The van der Waals surface area contributed by atoms with E-state index in [1.54, 1.807) is 24.4 Å². The third-order valence-electron chi connectivity index (χ3n) is 6.49. The van der Waals surface area contributed by atoms with E-state index in [1.807, 2.05) is 60.7 Å². The lowest BCUT2D eigenvalue weighted by Crippen LogP contribution is -2.16. The Hall–Kier alpha value is -4.82. The van der Waals surface area contributed by atoms with Crippen LogP contribution in [0.1, 0.15) is 44.4 Å². The molecule has 0 atom stereocenters. The van der Waals surface area contributed by atoms with E-state index in [0.29, 0.717) is 29.4 Å². The third-order valence-corrected chi connectivity index (χ3v) is 7.33. The van der Waals surface area contributed by atoms with E-state index in [9.17, 15) is 10.1 Å². The third kappa shape index (κ3) is 6.90. The van der Waals surface area contributed by atoms with Gasteiger partial charge in [-0.2, -0.15) is 10.4 Å². The van der Waals surface area contributed by atoms with Crippen molar-refractivity contribution in [3.05, 3.63) is 134 Å². The molecule has 1 amide bonds. The molecule has 0 fully saturated rings. The molecule has 0 spiro atoms. The van der Waals surface area contributed by atoms with Gasteiger partial charge in [0.2, 0.25) is 0 Å². The maximum absolute atomic E-state index is 12.5. The zero-order chi connectivity index (χ0) is 29.5. The number of benzene rings is 3. The Bertz CT molecular complexity index is 1760. The van der Waals surface area contributed by atoms with Gasteiger partial charge in [-0.3, -0.25) is 4.79 Å². The number of nitrogens with zero attached hydrogens (tertiary/aromatic N) is 3. The van der Waals surface area contributed by atoms with Crippen LogP contribution in [0.5, 0.6) is 11.5 Å². The van der Waals surface area contributed by atoms with E-state index in [0.717, 1.165) is 20.4 Å². The highest BCUT2D eigenvalue weighted by atomic mass is 127. The Balaban J connectivity index is 1.11. The predicted octanol–water partition coefficient (Wildman–Crippen LogP) is 7.09. The van der Waals surface area contributed by atoms with Crippen LogP contribution < -0.4 is 14.9 Å². The molecule has 5 rings (SSSR count). The lowest BCUT2D eigenvalue weighted by molar-refractivity contribution is 0.0923. The number of hydrazone groups is 1. The van der Waals surface area contributed by atoms with Crippen molar-refractivity contribution in [3.63, 3.8) is 0 Å². The van der Waals surface area contributed by atoms with Gasteiger partial charge in [0, 0.05) is 22.6 Å². The Morgan fingerprint density at radius 1 is 0.976 bits per heavy atom. The molecule has 0 radical (unpaired) electrons. The summed E-state index contributed by atoms with van der Waals surface area (Å²) in [5, 5.41) is 13.3. The van der Waals surface area contributed by atoms with Gasteiger partial charge in [-0.1, -0.05) is 18.2 Å². The molecule has 0 saturated carbocycles. The topological polar surface area (TPSA) is 102 Å². The fourth-order valence-electron chi connectivity index (χ4n) is 4.34. The van der Waals surface area contributed by atoms with Crippen molar-refractivity contribution >= 4 is 34.7 Å². The molecule has 1 N–H and O–H groups in total. The number of ether oxygens (including phenoxy) is 2. The molecular formula is C33H27IN4O4. The molecule has 2 aromatic heterocycles. The number of nitrogens with one attached hydrogen (secondary N) is 1. The molecule has 2 heterocycles. The molecule has 0 unspecified atom stereocenters. The molecule has 0 aliphatic carbocycles. The minimum Gasteiger partial charge on any atom is -0.488 e. The highest BCUT2D eigenvalue weighted by Crippen LogP contribution is 2.24. The van der Waals surface area contributed by atoms with Crippen LogP contribution in [-0.4, -0.2) is 16.7 Å². The first-order chi connectivity index (χ1) is 20.4. The van der Waals surface area contributed by atoms with Gasteiger partial charge >= 0.3 is 5.91 Å². The standard InChI is InChI=1S/C33H27IN4O4/c1-22-7-8-23(2)38(22)27-10-12-28(13-11-27)40-21-29-14-16-32(42-29)33(39)37-36-19-24-9-15-31(30(34)17-24)41-20-26-6-4-3-5-25(26)18-35/h3-17,19H,20-21H2,1-2H3,(H,37,39)/b36-19+. The van der Waals surface area contributed by atoms with E-state index in [-0.39, 0.29) is 12.4 Å². The quantitative estimate of drug-likeness (QED) is 0.0972. The normalized spacial score (nSPS) is 10.9. The molecule has 9 heteroatoms. The molecule has 42 heavy (non-hydrogen) atoms. The smallest absolute Gasteiger partial charge is 0.307 e. The minimum absolute atomic E-state index is 0.135. The number of amides is 1. The lowest BCUT2D eigenvalue weighted by atomic mass is 10.1. The number of hydrogen-bond acceptors (Lipinski definition) is 6. The van der Waals surface area contributed by atoms with Crippen molar-refractivity contribution in [3.8, 4) is 23.3 Å². The molecule has 0 saturated heterocycles. The number of aryl methyl sites for hydroxylation is 2. The molecule has 5 aromatic rings. The summed E-state index contributed by atoms with van der Waals surface area (Å²) in [5.41, 5.74) is 8.08. The Morgan fingerprint density at radius 2 is 1.74 bits per heavy atom. The van der Waals surface area contributed by atoms with Crippen molar-refractivity contribution in [2.45, 2.75) is 27.1 Å². The highest BCUT2D eigenvalue weighted by molar-refractivity contribution is 14.1. The van der Waals surface area contributed by atoms with Crippen molar-refractivity contribution < 1.29 is 18.7 Å². The second kappa shape index (κ2) is 13.2. The van der Waals surface area contributed by atoms with Gasteiger partial charge in [0.25, 0.3) is 0 Å². The van der Waals surface area contributed by atoms with Crippen LogP contribution in [0.15, 0.2) is 101 Å². The van der Waals surface area contributed by atoms with Gasteiger partial charge < -0.3 is 18.5 Å².